The van der Waals surface area contributed by atoms with Gasteiger partial charge in [-0.2, -0.15) is 0 Å². The molecule has 2 atom stereocenters. The van der Waals surface area contributed by atoms with Crippen LogP contribution in [0.15, 0.2) is 0 Å². The molecule has 0 fully saturated rings. The van der Waals surface area contributed by atoms with Gasteiger partial charge in [-0.15, -0.1) is 0 Å². The second-order valence-electron chi connectivity index (χ2n) is 10.9. The van der Waals surface area contributed by atoms with Crippen LogP contribution in [0.2, 0.25) is 51.4 Å². The molecule has 0 aromatic rings. The third-order valence-corrected chi connectivity index (χ3v) is 10.6. The van der Waals surface area contributed by atoms with E-state index in [4.69, 9.17) is 20.9 Å². The standard InChI is InChI=1S/C22H46N4O6S2Si2/c1-35(2,3)13-11-31-19(27)7-9-25-21(29)17(23)15-33-34-16-18(24)22(30)26-10-8-20(28)32-12-14-36(4,5)6/h17-18H,7-16,23-24H2,1-6H3,(H,25,29)(H,26,30)/t17-,18-/m0/s1. The molecule has 0 bridgehead atoms. The summed E-state index contributed by atoms with van der Waals surface area (Å²) in [5.41, 5.74) is 11.8. The minimum Gasteiger partial charge on any atom is -0.466 e. The molecule has 0 heterocycles. The number of amides is 2. The molecule has 0 unspecified atom stereocenters. The lowest BCUT2D eigenvalue weighted by atomic mass is 10.3. The SMILES string of the molecule is C[Si](C)(C)CCOC(=O)CCNC(=O)[C@@H](N)CSSC[C@H](N)C(=O)NCCC(=O)OCC[Si](C)(C)C. The highest BCUT2D eigenvalue weighted by Crippen LogP contribution is 2.22. The highest BCUT2D eigenvalue weighted by molar-refractivity contribution is 8.76. The van der Waals surface area contributed by atoms with Crippen LogP contribution in [0.25, 0.3) is 0 Å². The van der Waals surface area contributed by atoms with Gasteiger partial charge in [-0.1, -0.05) is 60.9 Å². The van der Waals surface area contributed by atoms with E-state index in [0.29, 0.717) is 24.7 Å². The van der Waals surface area contributed by atoms with Crippen LogP contribution in [0.3, 0.4) is 0 Å². The first-order chi connectivity index (χ1) is 16.6. The first-order valence-corrected chi connectivity index (χ1v) is 22.1. The van der Waals surface area contributed by atoms with Crippen molar-refractivity contribution in [1.29, 1.82) is 0 Å². The van der Waals surface area contributed by atoms with Crippen molar-refractivity contribution in [1.82, 2.24) is 10.6 Å². The van der Waals surface area contributed by atoms with Gasteiger partial charge in [0.2, 0.25) is 11.8 Å². The minimum absolute atomic E-state index is 0.103. The van der Waals surface area contributed by atoms with Gasteiger partial charge in [-0.3, -0.25) is 19.2 Å². The van der Waals surface area contributed by atoms with Crippen LogP contribution in [0.4, 0.5) is 0 Å². The highest BCUT2D eigenvalue weighted by Gasteiger charge is 2.18. The van der Waals surface area contributed by atoms with Crippen LogP contribution < -0.4 is 22.1 Å². The Labute approximate surface area is 225 Å². The summed E-state index contributed by atoms with van der Waals surface area (Å²) >= 11 is 0. The molecule has 6 N–H and O–H groups in total. The largest absolute Gasteiger partial charge is 0.466 e. The number of hydrogen-bond acceptors (Lipinski definition) is 10. The van der Waals surface area contributed by atoms with Crippen LogP contribution in [0, 0.1) is 0 Å². The summed E-state index contributed by atoms with van der Waals surface area (Å²) in [5.74, 6) is -0.714. The first-order valence-electron chi connectivity index (χ1n) is 12.2. The highest BCUT2D eigenvalue weighted by atomic mass is 33.1. The fourth-order valence-electron chi connectivity index (χ4n) is 2.32. The zero-order valence-corrected chi connectivity index (χ0v) is 26.3. The Bertz CT molecular complexity index is 647. The summed E-state index contributed by atoms with van der Waals surface area (Å²) in [6.45, 7) is 14.4. The van der Waals surface area contributed by atoms with Gasteiger partial charge in [-0.25, -0.2) is 0 Å². The average molecular weight is 583 g/mol. The first kappa shape index (κ1) is 34.9. The average Bonchev–Trinajstić information content (AvgIpc) is 2.74. The predicted molar refractivity (Wildman–Crippen MR) is 154 cm³/mol. The van der Waals surface area contributed by atoms with Gasteiger partial charge in [0.1, 0.15) is 0 Å². The van der Waals surface area contributed by atoms with Crippen LogP contribution >= 0.6 is 21.6 Å². The summed E-state index contributed by atoms with van der Waals surface area (Å²) in [7, 11) is 0.179. The molecule has 0 rings (SSSR count). The van der Waals surface area contributed by atoms with Gasteiger partial charge in [0, 0.05) is 40.7 Å². The molecular weight excluding hydrogens is 537 g/mol. The van der Waals surface area contributed by atoms with Crippen molar-refractivity contribution >= 4 is 61.5 Å². The molecule has 0 aliphatic rings. The number of rotatable bonds is 19. The van der Waals surface area contributed by atoms with E-state index in [0.717, 1.165) is 12.1 Å². The number of carbonyl (C=O) groups is 4. The van der Waals surface area contributed by atoms with Gasteiger partial charge in [0.25, 0.3) is 0 Å². The zero-order valence-electron chi connectivity index (χ0n) is 22.6. The van der Waals surface area contributed by atoms with E-state index < -0.39 is 28.2 Å². The molecule has 0 aromatic carbocycles. The van der Waals surface area contributed by atoms with E-state index in [1.165, 1.54) is 21.6 Å². The lowest BCUT2D eigenvalue weighted by molar-refractivity contribution is -0.144. The Morgan fingerprint density at radius 1 is 0.694 bits per heavy atom. The second kappa shape index (κ2) is 18.2. The van der Waals surface area contributed by atoms with Crippen molar-refractivity contribution in [2.45, 2.75) is 76.3 Å². The smallest absolute Gasteiger partial charge is 0.307 e. The predicted octanol–water partition coefficient (Wildman–Crippen LogP) is 1.80. The quantitative estimate of drug-likeness (QED) is 0.0764. The third-order valence-electron chi connectivity index (χ3n) is 4.74. The van der Waals surface area contributed by atoms with Crippen LogP contribution in [-0.2, 0) is 28.7 Å². The molecule has 0 radical (unpaired) electrons. The normalized spacial score (nSPS) is 13.4. The van der Waals surface area contributed by atoms with Crippen molar-refractivity contribution in [2.75, 3.05) is 37.8 Å². The van der Waals surface area contributed by atoms with Gasteiger partial charge >= 0.3 is 11.9 Å². The number of carbonyl (C=O) groups excluding carboxylic acids is 4. The molecule has 10 nitrogen and oxygen atoms in total. The van der Waals surface area contributed by atoms with Crippen molar-refractivity contribution in [3.8, 4) is 0 Å². The number of nitrogens with two attached hydrogens (primary N) is 2. The van der Waals surface area contributed by atoms with Crippen molar-refractivity contribution < 1.29 is 28.7 Å². The fraction of sp³-hybridized carbons (Fsp3) is 0.818. The Balaban J connectivity index is 3.89. The molecule has 0 spiro atoms. The van der Waals surface area contributed by atoms with Crippen LogP contribution in [0.5, 0.6) is 0 Å². The Kier molecular flexibility index (Phi) is 17.7. The van der Waals surface area contributed by atoms with Crippen molar-refractivity contribution in [3.05, 3.63) is 0 Å². The molecule has 0 saturated heterocycles. The topological polar surface area (TPSA) is 163 Å². The van der Waals surface area contributed by atoms with E-state index >= 15 is 0 Å². The summed E-state index contributed by atoms with van der Waals surface area (Å²) in [4.78, 5) is 47.6. The minimum atomic E-state index is -1.25. The van der Waals surface area contributed by atoms with Gasteiger partial charge in [0.15, 0.2) is 0 Å². The van der Waals surface area contributed by atoms with Crippen molar-refractivity contribution in [2.24, 2.45) is 11.5 Å². The van der Waals surface area contributed by atoms with Crippen LogP contribution in [0.1, 0.15) is 12.8 Å². The molecule has 36 heavy (non-hydrogen) atoms. The molecule has 0 aliphatic heterocycles. The monoisotopic (exact) mass is 582 g/mol. The lowest BCUT2D eigenvalue weighted by Crippen LogP contribution is -2.43. The van der Waals surface area contributed by atoms with E-state index in [1.807, 2.05) is 0 Å². The van der Waals surface area contributed by atoms with Gasteiger partial charge < -0.3 is 31.6 Å². The second-order valence-corrected chi connectivity index (χ2v) is 24.7. The maximum Gasteiger partial charge on any atom is 0.307 e. The number of ether oxygens (including phenoxy) is 2. The molecule has 0 aromatic heterocycles. The fourth-order valence-corrected chi connectivity index (χ4v) is 5.99. The Morgan fingerprint density at radius 2 is 1.03 bits per heavy atom. The van der Waals surface area contributed by atoms with Gasteiger partial charge in [0.05, 0.1) is 38.1 Å². The van der Waals surface area contributed by atoms with Gasteiger partial charge in [-0.05, 0) is 12.1 Å². The lowest BCUT2D eigenvalue weighted by Gasteiger charge is -2.16. The van der Waals surface area contributed by atoms with Crippen molar-refractivity contribution in [3.63, 3.8) is 0 Å². The van der Waals surface area contributed by atoms with E-state index in [9.17, 15) is 19.2 Å². The molecule has 0 saturated carbocycles. The number of nitrogens with one attached hydrogen (secondary N) is 2. The van der Waals surface area contributed by atoms with Crippen LogP contribution in [-0.4, -0.2) is 89.8 Å². The molecule has 2 amide bonds. The summed E-state index contributed by atoms with van der Waals surface area (Å²) in [6, 6.07) is 0.317. The summed E-state index contributed by atoms with van der Waals surface area (Å²) in [6.07, 6.45) is 0.207. The summed E-state index contributed by atoms with van der Waals surface area (Å²) in [5, 5.41) is 5.27. The van der Waals surface area contributed by atoms with E-state index in [2.05, 4.69) is 49.9 Å². The maximum absolute atomic E-state index is 12.1. The molecule has 0 aliphatic carbocycles. The van der Waals surface area contributed by atoms with E-state index in [-0.39, 0.29) is 49.7 Å². The Morgan fingerprint density at radius 3 is 1.33 bits per heavy atom. The number of hydrogen-bond donors (Lipinski definition) is 4. The molecule has 14 heteroatoms. The Hall–Kier alpha value is -1.07. The third kappa shape index (κ3) is 21.1. The molecular formula is C22H46N4O6S2Si2. The molecule has 210 valence electrons. The summed E-state index contributed by atoms with van der Waals surface area (Å²) < 4.78 is 10.4. The number of esters is 2. The maximum atomic E-state index is 12.1. The zero-order chi connectivity index (χ0) is 27.8. The van der Waals surface area contributed by atoms with E-state index in [1.54, 1.807) is 0 Å².